The van der Waals surface area contributed by atoms with Crippen molar-refractivity contribution in [3.8, 4) is 0 Å². The van der Waals surface area contributed by atoms with Crippen molar-refractivity contribution in [2.24, 2.45) is 10.7 Å². The number of benzene rings is 2. The van der Waals surface area contributed by atoms with Crippen LogP contribution in [0.5, 0.6) is 0 Å². The number of hydrogen-bond acceptors (Lipinski definition) is 4. The van der Waals surface area contributed by atoms with Crippen molar-refractivity contribution in [3.05, 3.63) is 76.5 Å². The third kappa shape index (κ3) is 5.69. The lowest BCUT2D eigenvalue weighted by Crippen LogP contribution is -2.34. The predicted molar refractivity (Wildman–Crippen MR) is 120 cm³/mol. The van der Waals surface area contributed by atoms with E-state index in [1.54, 1.807) is 53.4 Å². The van der Waals surface area contributed by atoms with E-state index < -0.39 is 11.9 Å². The van der Waals surface area contributed by atoms with Gasteiger partial charge in [-0.2, -0.15) is 13.2 Å². The summed E-state index contributed by atoms with van der Waals surface area (Å²) in [7, 11) is 3.96. The molecule has 1 saturated heterocycles. The number of likely N-dealkylation sites (N-methyl/N-ethyl adjacent to an activating group) is 1. The number of para-hydroxylation sites is 1. The number of halogens is 4. The monoisotopic (exact) mass is 464 g/mol. The number of aliphatic imine (C=N–C) groups is 1. The van der Waals surface area contributed by atoms with Gasteiger partial charge in [0.05, 0.1) is 16.4 Å². The minimum atomic E-state index is -4.70. The van der Waals surface area contributed by atoms with Gasteiger partial charge in [-0.15, -0.1) is 0 Å². The van der Waals surface area contributed by atoms with E-state index in [0.29, 0.717) is 41.0 Å². The second kappa shape index (κ2) is 9.75. The molecule has 0 aromatic heterocycles. The molecule has 0 aliphatic carbocycles. The first-order valence-corrected chi connectivity index (χ1v) is 10.4. The zero-order valence-electron chi connectivity index (χ0n) is 17.7. The molecule has 1 heterocycles. The summed E-state index contributed by atoms with van der Waals surface area (Å²) < 4.78 is 39.1. The summed E-state index contributed by atoms with van der Waals surface area (Å²) >= 11 is 6.12. The van der Waals surface area contributed by atoms with E-state index in [0.717, 1.165) is 12.5 Å². The van der Waals surface area contributed by atoms with E-state index in [4.69, 9.17) is 17.3 Å². The van der Waals surface area contributed by atoms with Crippen LogP contribution < -0.4 is 5.73 Å². The predicted octanol–water partition coefficient (Wildman–Crippen LogP) is 4.64. The van der Waals surface area contributed by atoms with Crippen LogP contribution in [0.15, 0.2) is 65.3 Å². The van der Waals surface area contributed by atoms with Gasteiger partial charge in [0.1, 0.15) is 5.70 Å². The third-order valence-electron chi connectivity index (χ3n) is 5.32. The van der Waals surface area contributed by atoms with Gasteiger partial charge >= 0.3 is 6.18 Å². The molecule has 0 spiro atoms. The van der Waals surface area contributed by atoms with Gasteiger partial charge in [0.15, 0.2) is 0 Å². The first-order valence-electron chi connectivity index (χ1n) is 10.00. The number of carbonyl (C=O) groups is 1. The minimum absolute atomic E-state index is 0.0132. The molecule has 1 fully saturated rings. The maximum atomic E-state index is 13.0. The summed E-state index contributed by atoms with van der Waals surface area (Å²) in [6, 6.07) is 13.1. The maximum absolute atomic E-state index is 13.0. The average molecular weight is 465 g/mol. The van der Waals surface area contributed by atoms with E-state index in [1.165, 1.54) is 0 Å². The smallest absolute Gasteiger partial charge is 0.395 e. The molecule has 32 heavy (non-hydrogen) atoms. The Bertz CT molecular complexity index is 1030. The van der Waals surface area contributed by atoms with E-state index in [1.807, 2.05) is 14.1 Å². The Morgan fingerprint density at radius 2 is 1.78 bits per heavy atom. The average Bonchev–Trinajstić information content (AvgIpc) is 3.24. The minimum Gasteiger partial charge on any atom is -0.395 e. The Labute approximate surface area is 190 Å². The van der Waals surface area contributed by atoms with Crippen LogP contribution >= 0.6 is 11.6 Å². The van der Waals surface area contributed by atoms with Crippen LogP contribution in [0.4, 0.5) is 18.9 Å². The summed E-state index contributed by atoms with van der Waals surface area (Å²) in [5, 5.41) is 0.292. The molecule has 2 N–H and O–H groups in total. The van der Waals surface area contributed by atoms with Gasteiger partial charge in [-0.1, -0.05) is 35.9 Å². The topological polar surface area (TPSA) is 61.9 Å². The van der Waals surface area contributed by atoms with Crippen molar-refractivity contribution in [3.63, 3.8) is 0 Å². The number of allylic oxidation sites excluding steroid dienone is 2. The molecule has 1 amide bonds. The van der Waals surface area contributed by atoms with Crippen molar-refractivity contribution < 1.29 is 18.0 Å². The molecular weight excluding hydrogens is 441 g/mol. The Morgan fingerprint density at radius 3 is 2.34 bits per heavy atom. The van der Waals surface area contributed by atoms with Crippen molar-refractivity contribution in [2.45, 2.75) is 18.6 Å². The molecule has 0 unspecified atom stereocenters. The molecule has 1 aliphatic rings. The fraction of sp³-hybridized carbons (Fsp3) is 0.304. The Hall–Kier alpha value is -2.84. The van der Waals surface area contributed by atoms with Crippen molar-refractivity contribution in [1.29, 1.82) is 0 Å². The van der Waals surface area contributed by atoms with Crippen LogP contribution in [0.2, 0.25) is 5.02 Å². The fourth-order valence-electron chi connectivity index (χ4n) is 3.40. The summed E-state index contributed by atoms with van der Waals surface area (Å²) in [6.45, 7) is 1.30. The second-order valence-electron chi connectivity index (χ2n) is 7.78. The number of hydrogen-bond donors (Lipinski definition) is 1. The van der Waals surface area contributed by atoms with E-state index >= 15 is 0 Å². The van der Waals surface area contributed by atoms with Crippen molar-refractivity contribution in [2.75, 3.05) is 27.2 Å². The number of rotatable bonds is 5. The summed E-state index contributed by atoms with van der Waals surface area (Å²) in [5.74, 6) is -0.115. The van der Waals surface area contributed by atoms with Crippen LogP contribution in [-0.4, -0.2) is 60.8 Å². The Kier molecular flexibility index (Phi) is 7.26. The van der Waals surface area contributed by atoms with Crippen LogP contribution in [0, 0.1) is 0 Å². The van der Waals surface area contributed by atoms with Crippen LogP contribution in [0.25, 0.3) is 0 Å². The number of nitrogens with two attached hydrogens (primary N) is 1. The summed E-state index contributed by atoms with van der Waals surface area (Å²) in [4.78, 5) is 21.0. The maximum Gasteiger partial charge on any atom is 0.430 e. The van der Waals surface area contributed by atoms with Gasteiger partial charge in [0.2, 0.25) is 0 Å². The lowest BCUT2D eigenvalue weighted by Gasteiger charge is -2.20. The fourth-order valence-corrected chi connectivity index (χ4v) is 3.57. The first-order chi connectivity index (χ1) is 15.1. The molecule has 1 atom stereocenters. The number of carbonyl (C=O) groups excluding carboxylic acids is 1. The molecular formula is C23H24ClF3N4O. The molecule has 2 aromatic carbocycles. The molecule has 170 valence electrons. The van der Waals surface area contributed by atoms with Crippen LogP contribution in [0.1, 0.15) is 22.3 Å². The van der Waals surface area contributed by atoms with Gasteiger partial charge in [-0.05, 0) is 50.9 Å². The molecule has 5 nitrogen and oxygen atoms in total. The lowest BCUT2D eigenvalue weighted by molar-refractivity contribution is -0.0925. The van der Waals surface area contributed by atoms with Gasteiger partial charge in [-0.3, -0.25) is 4.79 Å². The van der Waals surface area contributed by atoms with E-state index in [2.05, 4.69) is 9.89 Å². The molecule has 0 radical (unpaired) electrons. The zero-order valence-corrected chi connectivity index (χ0v) is 18.5. The van der Waals surface area contributed by atoms with Crippen LogP contribution in [-0.2, 0) is 0 Å². The second-order valence-corrected chi connectivity index (χ2v) is 8.19. The molecule has 3 rings (SSSR count). The molecule has 0 saturated carbocycles. The van der Waals surface area contributed by atoms with Gasteiger partial charge in [-0.25, -0.2) is 4.99 Å². The quantitative estimate of drug-likeness (QED) is 0.656. The van der Waals surface area contributed by atoms with E-state index in [9.17, 15) is 18.0 Å². The largest absolute Gasteiger partial charge is 0.430 e. The normalized spacial score (nSPS) is 17.8. The highest BCUT2D eigenvalue weighted by molar-refractivity contribution is 6.33. The first kappa shape index (κ1) is 23.8. The van der Waals surface area contributed by atoms with Gasteiger partial charge in [0, 0.05) is 30.3 Å². The van der Waals surface area contributed by atoms with Crippen LogP contribution in [0.3, 0.4) is 0 Å². The molecule has 9 heteroatoms. The number of alkyl halides is 3. The van der Waals surface area contributed by atoms with Crippen molar-refractivity contribution >= 4 is 28.9 Å². The third-order valence-corrected chi connectivity index (χ3v) is 5.64. The van der Waals surface area contributed by atoms with Gasteiger partial charge < -0.3 is 15.5 Å². The number of likely N-dealkylation sites (tertiary alicyclic amines) is 1. The molecule has 1 aliphatic heterocycles. The summed E-state index contributed by atoms with van der Waals surface area (Å²) in [5.41, 5.74) is 5.08. The van der Waals surface area contributed by atoms with Gasteiger partial charge in [0.25, 0.3) is 5.91 Å². The highest BCUT2D eigenvalue weighted by Crippen LogP contribution is 2.27. The standard InChI is InChI=1S/C23H24ClF3N4O/c1-30(2)17-11-12-31(14-17)22(32)16-9-7-15(8-10-16)20(13-21(28)23(25,26)27)29-19-6-4-3-5-18(19)24/h3-10,13,17H,11-12,14,28H2,1-2H3/b21-13-,29-20?/t17-/m1/s1. The Morgan fingerprint density at radius 1 is 1.16 bits per heavy atom. The molecule has 0 bridgehead atoms. The zero-order chi connectivity index (χ0) is 23.5. The number of nitrogens with zero attached hydrogens (tertiary/aromatic N) is 3. The van der Waals surface area contributed by atoms with Crippen molar-refractivity contribution in [1.82, 2.24) is 9.80 Å². The van der Waals surface area contributed by atoms with E-state index in [-0.39, 0.29) is 11.6 Å². The highest BCUT2D eigenvalue weighted by atomic mass is 35.5. The lowest BCUT2D eigenvalue weighted by atomic mass is 10.1. The Balaban J connectivity index is 1.91. The summed E-state index contributed by atoms with van der Waals surface area (Å²) in [6.07, 6.45) is -3.04. The highest BCUT2D eigenvalue weighted by Gasteiger charge is 2.32. The number of amides is 1. The molecule has 2 aromatic rings. The SMILES string of the molecule is CN(C)[C@@H]1CCN(C(=O)c2ccc(C(/C=C(\N)C(F)(F)F)=Nc3ccccc3Cl)cc2)C1.